The molecule has 0 aromatic heterocycles. The molecule has 0 bridgehead atoms. The average molecular weight is 449 g/mol. The number of esters is 1. The summed E-state index contributed by atoms with van der Waals surface area (Å²) in [4.78, 5) is 37.9. The molecule has 0 saturated carbocycles. The van der Waals surface area contributed by atoms with Crippen molar-refractivity contribution in [2.45, 2.75) is 0 Å². The fourth-order valence-electron chi connectivity index (χ4n) is 3.06. The first-order valence-corrected chi connectivity index (χ1v) is 9.93. The zero-order valence-corrected chi connectivity index (χ0v) is 18.4. The van der Waals surface area contributed by atoms with E-state index in [-0.39, 0.29) is 16.9 Å². The van der Waals surface area contributed by atoms with Crippen LogP contribution in [0, 0.1) is 0 Å². The predicted molar refractivity (Wildman–Crippen MR) is 121 cm³/mol. The van der Waals surface area contributed by atoms with Gasteiger partial charge in [-0.25, -0.2) is 4.79 Å². The normalized spacial score (nSPS) is 10.2. The van der Waals surface area contributed by atoms with Crippen molar-refractivity contribution in [2.75, 3.05) is 33.3 Å². The van der Waals surface area contributed by atoms with E-state index >= 15 is 0 Å². The van der Waals surface area contributed by atoms with Gasteiger partial charge >= 0.3 is 5.97 Å². The fraction of sp³-hybridized carbons (Fsp3) is 0.160. The topological polar surface area (TPSA) is 100 Å². The highest BCUT2D eigenvalue weighted by molar-refractivity contribution is 6.14. The number of anilines is 1. The Balaban J connectivity index is 1.70. The number of hydrogen-bond acceptors (Lipinski definition) is 7. The van der Waals surface area contributed by atoms with E-state index in [4.69, 9.17) is 18.9 Å². The van der Waals surface area contributed by atoms with Crippen molar-refractivity contribution in [1.82, 2.24) is 0 Å². The van der Waals surface area contributed by atoms with Gasteiger partial charge in [0.05, 0.1) is 32.6 Å². The van der Waals surface area contributed by atoms with Gasteiger partial charge in [-0.1, -0.05) is 18.2 Å². The van der Waals surface area contributed by atoms with Crippen LogP contribution in [0.5, 0.6) is 17.2 Å². The van der Waals surface area contributed by atoms with E-state index in [1.54, 1.807) is 54.6 Å². The van der Waals surface area contributed by atoms with Crippen molar-refractivity contribution >= 4 is 23.3 Å². The molecule has 33 heavy (non-hydrogen) atoms. The second kappa shape index (κ2) is 10.8. The molecule has 0 unspecified atom stereocenters. The van der Waals surface area contributed by atoms with Crippen molar-refractivity contribution < 1.29 is 33.3 Å². The van der Waals surface area contributed by atoms with E-state index in [9.17, 15) is 14.4 Å². The molecule has 0 fully saturated rings. The number of benzene rings is 3. The maximum atomic E-state index is 12.9. The molecular weight excluding hydrogens is 426 g/mol. The molecule has 0 atom stereocenters. The summed E-state index contributed by atoms with van der Waals surface area (Å²) >= 11 is 0. The SMILES string of the molecule is COc1ccc(C(=O)c2ccccc2C(=O)OCC(=O)Nc2cc(OC)ccc2OC)cc1. The van der Waals surface area contributed by atoms with Crippen molar-refractivity contribution in [1.29, 1.82) is 0 Å². The summed E-state index contributed by atoms with van der Waals surface area (Å²) in [5.41, 5.74) is 0.986. The minimum Gasteiger partial charge on any atom is -0.497 e. The third-order valence-corrected chi connectivity index (χ3v) is 4.76. The Hall–Kier alpha value is -4.33. The zero-order chi connectivity index (χ0) is 23.8. The van der Waals surface area contributed by atoms with E-state index in [0.717, 1.165) is 0 Å². The Kier molecular flexibility index (Phi) is 7.64. The number of nitrogens with one attached hydrogen (secondary N) is 1. The lowest BCUT2D eigenvalue weighted by atomic mass is 9.98. The lowest BCUT2D eigenvalue weighted by Gasteiger charge is -2.12. The summed E-state index contributed by atoms with van der Waals surface area (Å²) in [5, 5.41) is 2.62. The van der Waals surface area contributed by atoms with Crippen molar-refractivity contribution in [3.8, 4) is 17.2 Å². The Morgan fingerprint density at radius 1 is 0.758 bits per heavy atom. The molecule has 0 spiro atoms. The van der Waals surface area contributed by atoms with Crippen LogP contribution in [0.25, 0.3) is 0 Å². The van der Waals surface area contributed by atoms with Crippen LogP contribution in [0.4, 0.5) is 5.69 Å². The van der Waals surface area contributed by atoms with Crippen molar-refractivity contribution in [3.63, 3.8) is 0 Å². The molecule has 8 heteroatoms. The number of ketones is 1. The van der Waals surface area contributed by atoms with E-state index in [1.165, 1.54) is 33.5 Å². The van der Waals surface area contributed by atoms with E-state index in [0.29, 0.717) is 28.5 Å². The van der Waals surface area contributed by atoms with Crippen LogP contribution in [0.2, 0.25) is 0 Å². The Labute approximate surface area is 191 Å². The fourth-order valence-corrected chi connectivity index (χ4v) is 3.06. The summed E-state index contributed by atoms with van der Waals surface area (Å²) in [7, 11) is 4.50. The smallest absolute Gasteiger partial charge is 0.339 e. The Bertz CT molecular complexity index is 1160. The summed E-state index contributed by atoms with van der Waals surface area (Å²) in [6, 6.07) is 17.7. The molecule has 0 saturated heterocycles. The van der Waals surface area contributed by atoms with Gasteiger partial charge in [-0.2, -0.15) is 0 Å². The number of amides is 1. The summed E-state index contributed by atoms with van der Waals surface area (Å²) in [6.45, 7) is -0.551. The largest absolute Gasteiger partial charge is 0.497 e. The number of hydrogen-bond donors (Lipinski definition) is 1. The second-order valence-corrected chi connectivity index (χ2v) is 6.79. The first kappa shape index (κ1) is 23.3. The molecule has 0 aliphatic carbocycles. The number of methoxy groups -OCH3 is 3. The first-order chi connectivity index (χ1) is 16.0. The minimum atomic E-state index is -0.791. The highest BCUT2D eigenvalue weighted by atomic mass is 16.5. The van der Waals surface area contributed by atoms with Crippen LogP contribution in [0.15, 0.2) is 66.7 Å². The number of carbonyl (C=O) groups excluding carboxylic acids is 3. The maximum Gasteiger partial charge on any atom is 0.339 e. The monoisotopic (exact) mass is 449 g/mol. The van der Waals surface area contributed by atoms with Crippen LogP contribution in [-0.4, -0.2) is 45.6 Å². The number of carbonyl (C=O) groups is 3. The molecule has 0 aliphatic heterocycles. The lowest BCUT2D eigenvalue weighted by molar-refractivity contribution is -0.119. The third kappa shape index (κ3) is 5.68. The van der Waals surface area contributed by atoms with Crippen molar-refractivity contribution in [2.24, 2.45) is 0 Å². The van der Waals surface area contributed by atoms with Gasteiger partial charge in [0.25, 0.3) is 5.91 Å². The Morgan fingerprint density at radius 3 is 2.03 bits per heavy atom. The number of ether oxygens (including phenoxy) is 4. The molecule has 3 aromatic rings. The minimum absolute atomic E-state index is 0.0603. The molecule has 8 nitrogen and oxygen atoms in total. The van der Waals surface area contributed by atoms with Crippen LogP contribution in [-0.2, 0) is 9.53 Å². The second-order valence-electron chi connectivity index (χ2n) is 6.79. The zero-order valence-electron chi connectivity index (χ0n) is 18.4. The summed E-state index contributed by atoms with van der Waals surface area (Å²) < 4.78 is 20.6. The van der Waals surface area contributed by atoms with Gasteiger partial charge in [0.1, 0.15) is 17.2 Å². The molecule has 0 aliphatic rings. The van der Waals surface area contributed by atoms with Gasteiger partial charge in [-0.15, -0.1) is 0 Å². The van der Waals surface area contributed by atoms with Gasteiger partial charge in [-0.3, -0.25) is 9.59 Å². The summed E-state index contributed by atoms with van der Waals surface area (Å²) in [6.07, 6.45) is 0. The molecule has 1 amide bonds. The van der Waals surface area contributed by atoms with Gasteiger partial charge in [0.2, 0.25) is 0 Å². The molecule has 1 N–H and O–H groups in total. The van der Waals surface area contributed by atoms with Crippen LogP contribution >= 0.6 is 0 Å². The Morgan fingerprint density at radius 2 is 1.39 bits per heavy atom. The quantitative estimate of drug-likeness (QED) is 0.392. The number of rotatable bonds is 9. The van der Waals surface area contributed by atoms with E-state index < -0.39 is 18.5 Å². The lowest BCUT2D eigenvalue weighted by Crippen LogP contribution is -2.22. The van der Waals surface area contributed by atoms with Gasteiger partial charge in [-0.05, 0) is 42.5 Å². The highest BCUT2D eigenvalue weighted by Gasteiger charge is 2.20. The van der Waals surface area contributed by atoms with Crippen molar-refractivity contribution in [3.05, 3.63) is 83.4 Å². The maximum absolute atomic E-state index is 12.9. The molecule has 170 valence electrons. The van der Waals surface area contributed by atoms with Crippen LogP contribution < -0.4 is 19.5 Å². The summed E-state index contributed by atoms with van der Waals surface area (Å²) in [5.74, 6) is -0.164. The standard InChI is InChI=1S/C25H23NO7/c1-30-17-10-8-16(9-11-17)24(28)19-6-4-5-7-20(19)25(29)33-15-23(27)26-21-14-18(31-2)12-13-22(21)32-3/h4-14H,15H2,1-3H3,(H,26,27). The van der Waals surface area contributed by atoms with Gasteiger partial charge in [0.15, 0.2) is 12.4 Å². The highest BCUT2D eigenvalue weighted by Crippen LogP contribution is 2.28. The molecule has 3 aromatic carbocycles. The molecular formula is C25H23NO7. The van der Waals surface area contributed by atoms with E-state index in [2.05, 4.69) is 5.32 Å². The van der Waals surface area contributed by atoms with E-state index in [1.807, 2.05) is 0 Å². The van der Waals surface area contributed by atoms with Crippen LogP contribution in [0.3, 0.4) is 0 Å². The average Bonchev–Trinajstić information content (AvgIpc) is 2.86. The molecule has 3 rings (SSSR count). The predicted octanol–water partition coefficient (Wildman–Crippen LogP) is 3.74. The molecule has 0 radical (unpaired) electrons. The third-order valence-electron chi connectivity index (χ3n) is 4.76. The molecule has 0 heterocycles. The van der Waals surface area contributed by atoms with Crippen LogP contribution in [0.1, 0.15) is 26.3 Å². The van der Waals surface area contributed by atoms with Gasteiger partial charge in [0, 0.05) is 17.2 Å². The first-order valence-electron chi connectivity index (χ1n) is 9.93. The van der Waals surface area contributed by atoms with Gasteiger partial charge < -0.3 is 24.3 Å².